The van der Waals surface area contributed by atoms with Crippen LogP contribution in [0.15, 0.2) is 36.5 Å². The summed E-state index contributed by atoms with van der Waals surface area (Å²) in [5, 5.41) is 9.65. The molecule has 3 rings (SSSR count). The number of aromatic amines is 1. The molecule has 0 spiro atoms. The molecule has 2 atom stereocenters. The molecular weight excluding hydrogens is 310 g/mol. The summed E-state index contributed by atoms with van der Waals surface area (Å²) >= 11 is 5.34. The number of carbonyl (C=O) groups is 1. The molecule has 6 heteroatoms. The van der Waals surface area contributed by atoms with Crippen molar-refractivity contribution in [2.24, 2.45) is 0 Å². The maximum absolute atomic E-state index is 13.0. The molecule has 1 aromatic carbocycles. The van der Waals surface area contributed by atoms with Gasteiger partial charge >= 0.3 is 0 Å². The minimum Gasteiger partial charge on any atom is -0.393 e. The lowest BCUT2D eigenvalue weighted by Crippen LogP contribution is -2.38. The van der Waals surface area contributed by atoms with Crippen molar-refractivity contribution in [1.82, 2.24) is 14.5 Å². The minimum atomic E-state index is -0.407. The highest BCUT2D eigenvalue weighted by Gasteiger charge is 2.31. The Hall–Kier alpha value is -1.92. The third-order valence-corrected chi connectivity index (χ3v) is 4.56. The molecule has 2 aromatic rings. The van der Waals surface area contributed by atoms with Crippen LogP contribution in [0.2, 0.25) is 0 Å². The van der Waals surface area contributed by atoms with Gasteiger partial charge in [0.05, 0.1) is 6.10 Å². The Bertz CT molecular complexity index is 736. The number of aliphatic hydroxyl groups excluding tert-OH is 1. The molecule has 1 amide bonds. The first kappa shape index (κ1) is 16.0. The van der Waals surface area contributed by atoms with Gasteiger partial charge in [0, 0.05) is 24.5 Å². The quantitative estimate of drug-likeness (QED) is 0.847. The zero-order valence-corrected chi connectivity index (χ0v) is 13.9. The fourth-order valence-corrected chi connectivity index (χ4v) is 3.51. The Morgan fingerprint density at radius 1 is 1.43 bits per heavy atom. The second kappa shape index (κ2) is 6.68. The topological polar surface area (TPSA) is 61.3 Å². The maximum atomic E-state index is 13.0. The third-order valence-electron chi connectivity index (χ3n) is 4.26. The molecule has 1 saturated heterocycles. The Morgan fingerprint density at radius 2 is 2.17 bits per heavy atom. The maximum Gasteiger partial charge on any atom is 0.272 e. The summed E-state index contributed by atoms with van der Waals surface area (Å²) in [4.78, 5) is 17.8. The summed E-state index contributed by atoms with van der Waals surface area (Å²) in [6.07, 6.45) is 3.79. The van der Waals surface area contributed by atoms with Crippen molar-refractivity contribution in [1.29, 1.82) is 0 Å². The summed E-state index contributed by atoms with van der Waals surface area (Å²) in [6, 6.07) is 9.72. The monoisotopic (exact) mass is 331 g/mol. The number of benzene rings is 1. The molecule has 2 N–H and O–H groups in total. The van der Waals surface area contributed by atoms with Crippen molar-refractivity contribution in [3.63, 3.8) is 0 Å². The van der Waals surface area contributed by atoms with Crippen LogP contribution in [0.25, 0.3) is 5.69 Å². The van der Waals surface area contributed by atoms with Gasteiger partial charge in [-0.25, -0.2) is 0 Å². The fraction of sp³-hybridized carbons (Fsp3) is 0.412. The van der Waals surface area contributed by atoms with Crippen molar-refractivity contribution in [3.8, 4) is 5.69 Å². The number of hydrogen-bond acceptors (Lipinski definition) is 3. The molecule has 2 heterocycles. The highest BCUT2D eigenvalue weighted by molar-refractivity contribution is 7.71. The Kier molecular flexibility index (Phi) is 4.63. The smallest absolute Gasteiger partial charge is 0.272 e. The van der Waals surface area contributed by atoms with Crippen LogP contribution in [0, 0.1) is 4.77 Å². The Morgan fingerprint density at radius 3 is 2.87 bits per heavy atom. The number of likely N-dealkylation sites (tertiary alicyclic amines) is 1. The normalized spacial score (nSPS) is 19.0. The van der Waals surface area contributed by atoms with E-state index >= 15 is 0 Å². The summed E-state index contributed by atoms with van der Waals surface area (Å²) in [6.45, 7) is 2.49. The summed E-state index contributed by atoms with van der Waals surface area (Å²) in [5.41, 5.74) is 1.41. The van der Waals surface area contributed by atoms with Gasteiger partial charge in [0.15, 0.2) is 4.77 Å². The first-order chi connectivity index (χ1) is 11.1. The lowest BCUT2D eigenvalue weighted by molar-refractivity contribution is 0.0674. The fourth-order valence-electron chi connectivity index (χ4n) is 3.25. The van der Waals surface area contributed by atoms with Gasteiger partial charge in [-0.05, 0) is 50.5 Å². The summed E-state index contributed by atoms with van der Waals surface area (Å²) < 4.78 is 2.28. The number of carbonyl (C=O) groups excluding carboxylic acids is 1. The van der Waals surface area contributed by atoms with Gasteiger partial charge in [-0.2, -0.15) is 0 Å². The number of aliphatic hydroxyl groups is 1. The first-order valence-corrected chi connectivity index (χ1v) is 8.33. The highest BCUT2D eigenvalue weighted by atomic mass is 32.1. The van der Waals surface area contributed by atoms with E-state index in [0.717, 1.165) is 25.1 Å². The molecule has 1 aromatic heterocycles. The number of H-pyrrole nitrogens is 1. The predicted molar refractivity (Wildman–Crippen MR) is 91.3 cm³/mol. The number of para-hydroxylation sites is 1. The van der Waals surface area contributed by atoms with Gasteiger partial charge in [-0.3, -0.25) is 9.36 Å². The molecule has 0 saturated carbocycles. The average molecular weight is 331 g/mol. The number of amides is 1. The van der Waals surface area contributed by atoms with E-state index in [-0.39, 0.29) is 11.9 Å². The molecule has 0 unspecified atom stereocenters. The van der Waals surface area contributed by atoms with Crippen LogP contribution in [0.3, 0.4) is 0 Å². The van der Waals surface area contributed by atoms with Crippen LogP contribution in [0.4, 0.5) is 0 Å². The van der Waals surface area contributed by atoms with E-state index in [1.54, 1.807) is 17.7 Å². The molecule has 0 bridgehead atoms. The lowest BCUT2D eigenvalue weighted by atomic mass is 10.1. The van der Waals surface area contributed by atoms with E-state index in [1.807, 2.05) is 35.2 Å². The van der Waals surface area contributed by atoms with Gasteiger partial charge < -0.3 is 15.0 Å². The second-order valence-electron chi connectivity index (χ2n) is 6.03. The van der Waals surface area contributed by atoms with Gasteiger partial charge in [-0.15, -0.1) is 0 Å². The third kappa shape index (κ3) is 3.23. The average Bonchev–Trinajstić information content (AvgIpc) is 3.13. The van der Waals surface area contributed by atoms with Crippen molar-refractivity contribution >= 4 is 18.1 Å². The van der Waals surface area contributed by atoms with E-state index < -0.39 is 6.10 Å². The molecular formula is C17H21N3O2S. The number of nitrogens with zero attached hydrogens (tertiary/aromatic N) is 2. The molecule has 1 fully saturated rings. The molecule has 1 aliphatic rings. The van der Waals surface area contributed by atoms with Crippen LogP contribution in [0.5, 0.6) is 0 Å². The van der Waals surface area contributed by atoms with Gasteiger partial charge in [0.2, 0.25) is 0 Å². The molecule has 23 heavy (non-hydrogen) atoms. The zero-order valence-electron chi connectivity index (χ0n) is 13.1. The van der Waals surface area contributed by atoms with Crippen LogP contribution in [-0.2, 0) is 0 Å². The Balaban J connectivity index is 1.93. The lowest BCUT2D eigenvalue weighted by Gasteiger charge is -2.26. The number of hydrogen-bond donors (Lipinski definition) is 2. The van der Waals surface area contributed by atoms with Crippen LogP contribution in [0.1, 0.15) is 36.7 Å². The molecule has 0 aliphatic carbocycles. The minimum absolute atomic E-state index is 0.0376. The van der Waals surface area contributed by atoms with E-state index in [0.29, 0.717) is 16.9 Å². The molecule has 1 aliphatic heterocycles. The SMILES string of the molecule is C[C@H](O)C[C@@H]1CCCN1C(=O)c1c[nH]c(=S)n1-c1ccccc1. The number of rotatable bonds is 4. The molecule has 122 valence electrons. The van der Waals surface area contributed by atoms with Crippen molar-refractivity contribution in [3.05, 3.63) is 47.0 Å². The van der Waals surface area contributed by atoms with E-state index in [9.17, 15) is 9.90 Å². The van der Waals surface area contributed by atoms with Crippen molar-refractivity contribution < 1.29 is 9.90 Å². The van der Waals surface area contributed by atoms with Gasteiger partial charge in [-0.1, -0.05) is 18.2 Å². The van der Waals surface area contributed by atoms with E-state index in [2.05, 4.69) is 4.98 Å². The second-order valence-corrected chi connectivity index (χ2v) is 6.42. The summed E-state index contributed by atoms with van der Waals surface area (Å²) in [7, 11) is 0. The van der Waals surface area contributed by atoms with Crippen molar-refractivity contribution in [2.75, 3.05) is 6.54 Å². The largest absolute Gasteiger partial charge is 0.393 e. The standard InChI is InChI=1S/C17H21N3O2S/c1-12(21)10-14-8-5-9-19(14)16(22)15-11-18-17(23)20(15)13-6-3-2-4-7-13/h2-4,6-7,11-12,14,21H,5,8-10H2,1H3,(H,18,23)/t12-,14-/m0/s1. The van der Waals surface area contributed by atoms with Gasteiger partial charge in [0.25, 0.3) is 5.91 Å². The number of nitrogens with one attached hydrogen (secondary N) is 1. The number of aromatic nitrogens is 2. The van der Waals surface area contributed by atoms with E-state index in [1.165, 1.54) is 0 Å². The van der Waals surface area contributed by atoms with Crippen LogP contribution in [-0.4, -0.2) is 44.2 Å². The predicted octanol–water partition coefficient (Wildman–Crippen LogP) is 2.91. The zero-order chi connectivity index (χ0) is 16.4. The van der Waals surface area contributed by atoms with Crippen LogP contribution < -0.4 is 0 Å². The molecule has 5 nitrogen and oxygen atoms in total. The first-order valence-electron chi connectivity index (χ1n) is 7.93. The Labute approximate surface area is 140 Å². The molecule has 0 radical (unpaired) electrons. The van der Waals surface area contributed by atoms with Gasteiger partial charge in [0.1, 0.15) is 5.69 Å². The highest BCUT2D eigenvalue weighted by Crippen LogP contribution is 2.24. The van der Waals surface area contributed by atoms with E-state index in [4.69, 9.17) is 12.2 Å². The van der Waals surface area contributed by atoms with Crippen LogP contribution >= 0.6 is 12.2 Å². The summed E-state index contributed by atoms with van der Waals surface area (Å²) in [5.74, 6) is -0.0376. The van der Waals surface area contributed by atoms with Crippen molar-refractivity contribution in [2.45, 2.75) is 38.3 Å². The number of imidazole rings is 1.